The lowest BCUT2D eigenvalue weighted by Crippen LogP contribution is -2.35. The summed E-state index contributed by atoms with van der Waals surface area (Å²) in [4.78, 5) is 15.7. The molecule has 132 valence electrons. The standard InChI is InChI=1S/C18H16ClN5O2/c19-15-6-7-16-14(10-15)11-23(8-9-26-16)17(25)12-24-21-18(20-22-24)13-4-2-1-3-5-13/h1-7,10H,8-9,11-12H2. The van der Waals surface area contributed by atoms with Crippen LogP contribution in [0.25, 0.3) is 11.4 Å². The Morgan fingerprint density at radius 3 is 2.88 bits per heavy atom. The van der Waals surface area contributed by atoms with Crippen molar-refractivity contribution in [3.05, 3.63) is 59.1 Å². The van der Waals surface area contributed by atoms with Crippen molar-refractivity contribution >= 4 is 17.5 Å². The van der Waals surface area contributed by atoms with Crippen LogP contribution in [0, 0.1) is 0 Å². The molecule has 1 aliphatic heterocycles. The predicted molar refractivity (Wildman–Crippen MR) is 95.6 cm³/mol. The second kappa shape index (κ2) is 7.13. The van der Waals surface area contributed by atoms with Crippen LogP contribution in [-0.4, -0.2) is 44.2 Å². The minimum atomic E-state index is -0.0987. The van der Waals surface area contributed by atoms with Crippen molar-refractivity contribution in [1.29, 1.82) is 0 Å². The first-order valence-electron chi connectivity index (χ1n) is 8.21. The fourth-order valence-corrected chi connectivity index (χ4v) is 3.00. The maximum Gasteiger partial charge on any atom is 0.246 e. The molecule has 26 heavy (non-hydrogen) atoms. The zero-order valence-corrected chi connectivity index (χ0v) is 14.6. The third-order valence-electron chi connectivity index (χ3n) is 4.12. The van der Waals surface area contributed by atoms with Crippen LogP contribution in [0.4, 0.5) is 0 Å². The number of ether oxygens (including phenoxy) is 1. The Morgan fingerprint density at radius 1 is 1.19 bits per heavy atom. The summed E-state index contributed by atoms with van der Waals surface area (Å²) in [5.41, 5.74) is 1.75. The zero-order chi connectivity index (χ0) is 17.9. The molecular formula is C18H16ClN5O2. The lowest BCUT2D eigenvalue weighted by atomic mass is 10.2. The van der Waals surface area contributed by atoms with E-state index in [0.29, 0.717) is 30.5 Å². The average Bonchev–Trinajstić information content (AvgIpc) is 3.01. The summed E-state index contributed by atoms with van der Waals surface area (Å²) in [6.45, 7) is 1.39. The van der Waals surface area contributed by atoms with E-state index in [1.807, 2.05) is 42.5 Å². The number of hydrogen-bond acceptors (Lipinski definition) is 5. The van der Waals surface area contributed by atoms with Crippen LogP contribution < -0.4 is 4.74 Å². The van der Waals surface area contributed by atoms with Crippen LogP contribution in [0.1, 0.15) is 5.56 Å². The topological polar surface area (TPSA) is 73.1 Å². The molecule has 0 radical (unpaired) electrons. The van der Waals surface area contributed by atoms with Crippen LogP contribution in [0.3, 0.4) is 0 Å². The Balaban J connectivity index is 1.47. The molecule has 1 amide bonds. The molecule has 0 bridgehead atoms. The van der Waals surface area contributed by atoms with Gasteiger partial charge in [-0.2, -0.15) is 4.80 Å². The number of halogens is 1. The maximum absolute atomic E-state index is 12.7. The van der Waals surface area contributed by atoms with Gasteiger partial charge < -0.3 is 9.64 Å². The quantitative estimate of drug-likeness (QED) is 0.709. The fourth-order valence-electron chi connectivity index (χ4n) is 2.81. The molecule has 0 saturated carbocycles. The first-order valence-corrected chi connectivity index (χ1v) is 8.59. The Bertz CT molecular complexity index is 928. The van der Waals surface area contributed by atoms with Gasteiger partial charge in [-0.25, -0.2) is 0 Å². The molecule has 3 aromatic rings. The number of carbonyl (C=O) groups excluding carboxylic acids is 1. The van der Waals surface area contributed by atoms with E-state index in [2.05, 4.69) is 15.4 Å². The van der Waals surface area contributed by atoms with Crippen molar-refractivity contribution in [3.8, 4) is 17.1 Å². The van der Waals surface area contributed by atoms with E-state index in [1.54, 1.807) is 11.0 Å². The van der Waals surface area contributed by atoms with E-state index < -0.39 is 0 Å². The van der Waals surface area contributed by atoms with Crippen LogP contribution >= 0.6 is 11.6 Å². The lowest BCUT2D eigenvalue weighted by molar-refractivity contribution is -0.133. The summed E-state index contributed by atoms with van der Waals surface area (Å²) in [6.07, 6.45) is 0. The third-order valence-corrected chi connectivity index (χ3v) is 4.35. The minimum absolute atomic E-state index is 0.0235. The van der Waals surface area contributed by atoms with Gasteiger partial charge in [0.15, 0.2) is 0 Å². The minimum Gasteiger partial charge on any atom is -0.491 e. The molecule has 0 atom stereocenters. The molecule has 0 fully saturated rings. The largest absolute Gasteiger partial charge is 0.491 e. The Kier molecular flexibility index (Phi) is 4.53. The van der Waals surface area contributed by atoms with Crippen molar-refractivity contribution < 1.29 is 9.53 Å². The molecule has 4 rings (SSSR count). The summed E-state index contributed by atoms with van der Waals surface area (Å²) in [5, 5.41) is 12.9. The summed E-state index contributed by atoms with van der Waals surface area (Å²) in [5.74, 6) is 1.16. The average molecular weight is 370 g/mol. The number of fused-ring (bicyclic) bond motifs is 1. The molecule has 0 aliphatic carbocycles. The van der Waals surface area contributed by atoms with Gasteiger partial charge in [0, 0.05) is 22.7 Å². The van der Waals surface area contributed by atoms with Gasteiger partial charge in [0.2, 0.25) is 11.7 Å². The highest BCUT2D eigenvalue weighted by molar-refractivity contribution is 6.30. The van der Waals surface area contributed by atoms with E-state index in [4.69, 9.17) is 16.3 Å². The Hall–Kier alpha value is -2.93. The van der Waals surface area contributed by atoms with Crippen molar-refractivity contribution in [2.75, 3.05) is 13.2 Å². The molecule has 0 unspecified atom stereocenters. The monoisotopic (exact) mass is 369 g/mol. The van der Waals surface area contributed by atoms with Gasteiger partial charge >= 0.3 is 0 Å². The van der Waals surface area contributed by atoms with E-state index >= 15 is 0 Å². The number of aromatic nitrogens is 4. The highest BCUT2D eigenvalue weighted by Gasteiger charge is 2.21. The number of hydrogen-bond donors (Lipinski definition) is 0. The molecule has 0 saturated heterocycles. The lowest BCUT2D eigenvalue weighted by Gasteiger charge is -2.19. The molecule has 7 nitrogen and oxygen atoms in total. The van der Waals surface area contributed by atoms with Gasteiger partial charge in [0.25, 0.3) is 0 Å². The third kappa shape index (κ3) is 3.52. The van der Waals surface area contributed by atoms with E-state index in [-0.39, 0.29) is 12.5 Å². The fraction of sp³-hybridized carbons (Fsp3) is 0.222. The van der Waals surface area contributed by atoms with Crippen LogP contribution in [0.15, 0.2) is 48.5 Å². The molecule has 1 aromatic heterocycles. The summed E-state index contributed by atoms with van der Waals surface area (Å²) in [6, 6.07) is 15.0. The highest BCUT2D eigenvalue weighted by atomic mass is 35.5. The summed E-state index contributed by atoms with van der Waals surface area (Å²) < 4.78 is 5.69. The van der Waals surface area contributed by atoms with Crippen LogP contribution in [0.2, 0.25) is 5.02 Å². The first kappa shape index (κ1) is 16.5. The number of benzene rings is 2. The number of nitrogens with zero attached hydrogens (tertiary/aromatic N) is 5. The van der Waals surface area contributed by atoms with E-state index in [9.17, 15) is 4.79 Å². The Morgan fingerprint density at radius 2 is 2.04 bits per heavy atom. The highest BCUT2D eigenvalue weighted by Crippen LogP contribution is 2.26. The van der Waals surface area contributed by atoms with Gasteiger partial charge in [-0.05, 0) is 23.4 Å². The van der Waals surface area contributed by atoms with E-state index in [0.717, 1.165) is 16.9 Å². The van der Waals surface area contributed by atoms with Gasteiger partial charge in [0.1, 0.15) is 18.9 Å². The van der Waals surface area contributed by atoms with Gasteiger partial charge in [-0.3, -0.25) is 4.79 Å². The smallest absolute Gasteiger partial charge is 0.246 e. The summed E-state index contributed by atoms with van der Waals surface area (Å²) >= 11 is 6.06. The predicted octanol–water partition coefficient (Wildman–Crippen LogP) is 2.41. The number of tetrazole rings is 1. The molecule has 0 N–H and O–H groups in total. The van der Waals surface area contributed by atoms with Crippen molar-refractivity contribution in [1.82, 2.24) is 25.1 Å². The molecular weight excluding hydrogens is 354 g/mol. The normalized spacial score (nSPS) is 13.7. The molecule has 0 spiro atoms. The van der Waals surface area contributed by atoms with Gasteiger partial charge in [-0.1, -0.05) is 41.9 Å². The molecule has 8 heteroatoms. The van der Waals surface area contributed by atoms with Crippen LogP contribution in [-0.2, 0) is 17.9 Å². The van der Waals surface area contributed by atoms with Crippen molar-refractivity contribution in [3.63, 3.8) is 0 Å². The second-order valence-corrected chi connectivity index (χ2v) is 6.36. The Labute approximate surface area is 155 Å². The molecule has 2 heterocycles. The second-order valence-electron chi connectivity index (χ2n) is 5.93. The van der Waals surface area contributed by atoms with Gasteiger partial charge in [0.05, 0.1) is 6.54 Å². The summed E-state index contributed by atoms with van der Waals surface area (Å²) in [7, 11) is 0. The van der Waals surface area contributed by atoms with Crippen molar-refractivity contribution in [2.24, 2.45) is 0 Å². The zero-order valence-electron chi connectivity index (χ0n) is 13.9. The van der Waals surface area contributed by atoms with E-state index in [1.165, 1.54) is 4.80 Å². The SMILES string of the molecule is O=C(Cn1nnc(-c2ccccc2)n1)N1CCOc2ccc(Cl)cc2C1. The number of carbonyl (C=O) groups is 1. The molecule has 2 aromatic carbocycles. The number of rotatable bonds is 3. The van der Waals surface area contributed by atoms with Crippen LogP contribution in [0.5, 0.6) is 5.75 Å². The first-order chi connectivity index (χ1) is 12.7. The number of amides is 1. The van der Waals surface area contributed by atoms with Gasteiger partial charge in [-0.15, -0.1) is 10.2 Å². The van der Waals surface area contributed by atoms with Crippen molar-refractivity contribution in [2.45, 2.75) is 13.1 Å². The maximum atomic E-state index is 12.7. The molecule has 1 aliphatic rings.